The molecule has 4 nitrogen and oxygen atoms in total. The van der Waals surface area contributed by atoms with E-state index in [1.54, 1.807) is 0 Å². The molecular weight excluding hydrogens is 280 g/mol. The Balaban J connectivity index is 1.69. The Hall–Kier alpha value is -0.653. The van der Waals surface area contributed by atoms with Crippen LogP contribution in [-0.4, -0.2) is 29.6 Å². The Bertz CT molecular complexity index is 527. The molecular formula is C16H28N2O2Si. The molecule has 1 aromatic heterocycles. The van der Waals surface area contributed by atoms with Crippen molar-refractivity contribution >= 4 is 8.07 Å². The lowest BCUT2D eigenvalue weighted by atomic mass is 9.54. The number of hydrogen-bond acceptors (Lipinski definition) is 3. The van der Waals surface area contributed by atoms with Crippen molar-refractivity contribution in [1.82, 2.24) is 9.78 Å². The number of aliphatic hydroxyl groups is 1. The van der Waals surface area contributed by atoms with Crippen molar-refractivity contribution in [2.75, 3.05) is 6.61 Å². The van der Waals surface area contributed by atoms with Crippen molar-refractivity contribution in [3.63, 3.8) is 0 Å². The zero-order chi connectivity index (χ0) is 15.3. The number of ether oxygens (including phenoxy) is 1. The van der Waals surface area contributed by atoms with Gasteiger partial charge in [-0.25, -0.2) is 4.68 Å². The molecule has 5 heteroatoms. The van der Waals surface area contributed by atoms with Crippen LogP contribution in [-0.2, 0) is 24.5 Å². The van der Waals surface area contributed by atoms with Gasteiger partial charge in [0.15, 0.2) is 0 Å². The van der Waals surface area contributed by atoms with Gasteiger partial charge < -0.3 is 9.84 Å². The Labute approximate surface area is 128 Å². The van der Waals surface area contributed by atoms with Gasteiger partial charge in [-0.15, -0.1) is 0 Å². The van der Waals surface area contributed by atoms with E-state index in [4.69, 9.17) is 4.74 Å². The maximum absolute atomic E-state index is 9.57. The zero-order valence-electron chi connectivity index (χ0n) is 13.8. The van der Waals surface area contributed by atoms with E-state index in [1.165, 1.54) is 30.1 Å². The molecule has 3 aliphatic carbocycles. The first-order valence-corrected chi connectivity index (χ1v) is 11.8. The van der Waals surface area contributed by atoms with E-state index in [0.29, 0.717) is 18.1 Å². The summed E-state index contributed by atoms with van der Waals surface area (Å²) < 4.78 is 7.86. The average molecular weight is 308 g/mol. The lowest BCUT2D eigenvalue weighted by Gasteiger charge is -2.50. The summed E-state index contributed by atoms with van der Waals surface area (Å²) in [6.45, 7) is 10.9. The van der Waals surface area contributed by atoms with Gasteiger partial charge in [0.2, 0.25) is 0 Å². The third-order valence-corrected chi connectivity index (χ3v) is 6.72. The molecule has 0 aliphatic heterocycles. The standard InChI is InChI=1S/C16H28N2O2Si/c1-16-7-12(8-16)15-13(10-19)17-18(14(15)9-16)11-20-5-6-21(2,3)4/h12,19H,5-11H2,1-4H3. The van der Waals surface area contributed by atoms with Gasteiger partial charge in [0, 0.05) is 25.9 Å². The summed E-state index contributed by atoms with van der Waals surface area (Å²) in [6.07, 6.45) is 3.60. The van der Waals surface area contributed by atoms with Gasteiger partial charge in [-0.1, -0.05) is 26.6 Å². The van der Waals surface area contributed by atoms with E-state index in [9.17, 15) is 5.11 Å². The van der Waals surface area contributed by atoms with Crippen LogP contribution in [0, 0.1) is 5.41 Å². The molecule has 1 aromatic rings. The van der Waals surface area contributed by atoms with Gasteiger partial charge in [-0.2, -0.15) is 5.10 Å². The first-order valence-electron chi connectivity index (χ1n) is 8.08. The molecule has 3 aliphatic rings. The molecule has 0 aromatic carbocycles. The second-order valence-electron chi connectivity index (χ2n) is 8.41. The van der Waals surface area contributed by atoms with Gasteiger partial charge in [0.05, 0.1) is 12.3 Å². The summed E-state index contributed by atoms with van der Waals surface area (Å²) in [4.78, 5) is 0. The van der Waals surface area contributed by atoms with Crippen LogP contribution in [0.5, 0.6) is 0 Å². The van der Waals surface area contributed by atoms with Crippen LogP contribution in [0.4, 0.5) is 0 Å². The van der Waals surface area contributed by atoms with Crippen molar-refractivity contribution < 1.29 is 9.84 Å². The van der Waals surface area contributed by atoms with Crippen LogP contribution >= 0.6 is 0 Å². The van der Waals surface area contributed by atoms with Crippen LogP contribution in [0.2, 0.25) is 25.7 Å². The van der Waals surface area contributed by atoms with Crippen molar-refractivity contribution in [2.24, 2.45) is 5.41 Å². The molecule has 2 bridgehead atoms. The van der Waals surface area contributed by atoms with Gasteiger partial charge in [-0.05, 0) is 36.6 Å². The number of nitrogens with zero attached hydrogens (tertiary/aromatic N) is 2. The fourth-order valence-electron chi connectivity index (χ4n) is 3.86. The number of rotatable bonds is 6. The molecule has 1 N–H and O–H groups in total. The third kappa shape index (κ3) is 2.96. The van der Waals surface area contributed by atoms with E-state index in [-0.39, 0.29) is 6.61 Å². The summed E-state index contributed by atoms with van der Waals surface area (Å²) in [5.74, 6) is 0.622. The van der Waals surface area contributed by atoms with Gasteiger partial charge in [0.25, 0.3) is 0 Å². The van der Waals surface area contributed by atoms with Crippen molar-refractivity contribution in [1.29, 1.82) is 0 Å². The predicted octanol–water partition coefficient (Wildman–Crippen LogP) is 3.13. The second kappa shape index (κ2) is 5.21. The SMILES string of the molecule is CC12Cc3c(c(CO)nn3COCC[Si](C)(C)C)C(C1)C2. The Morgan fingerprint density at radius 2 is 2.10 bits per heavy atom. The summed E-state index contributed by atoms with van der Waals surface area (Å²) >= 11 is 0. The van der Waals surface area contributed by atoms with Crippen LogP contribution in [0.3, 0.4) is 0 Å². The number of aliphatic hydroxyl groups excluding tert-OH is 1. The molecule has 0 radical (unpaired) electrons. The normalized spacial score (nSPS) is 27.4. The van der Waals surface area contributed by atoms with Crippen molar-refractivity contribution in [3.05, 3.63) is 17.0 Å². The topological polar surface area (TPSA) is 47.3 Å². The molecule has 0 amide bonds. The minimum atomic E-state index is -1.04. The van der Waals surface area contributed by atoms with Crippen LogP contribution in [0.25, 0.3) is 0 Å². The zero-order valence-corrected chi connectivity index (χ0v) is 14.8. The van der Waals surface area contributed by atoms with Gasteiger partial charge in [-0.3, -0.25) is 0 Å². The smallest absolute Gasteiger partial charge is 0.139 e. The molecule has 1 saturated carbocycles. The fraction of sp³-hybridized carbons (Fsp3) is 0.812. The van der Waals surface area contributed by atoms with Crippen LogP contribution in [0.1, 0.15) is 42.6 Å². The molecule has 1 fully saturated rings. The highest BCUT2D eigenvalue weighted by molar-refractivity contribution is 6.76. The molecule has 0 unspecified atom stereocenters. The maximum atomic E-state index is 9.57. The molecule has 118 valence electrons. The minimum Gasteiger partial charge on any atom is -0.390 e. The third-order valence-electron chi connectivity index (χ3n) is 5.02. The number of hydrogen-bond donors (Lipinski definition) is 1. The van der Waals surface area contributed by atoms with Crippen LogP contribution in [0.15, 0.2) is 0 Å². The maximum Gasteiger partial charge on any atom is 0.139 e. The van der Waals surface area contributed by atoms with Crippen molar-refractivity contribution in [3.8, 4) is 0 Å². The highest BCUT2D eigenvalue weighted by Crippen LogP contribution is 2.58. The van der Waals surface area contributed by atoms with Gasteiger partial charge in [0.1, 0.15) is 6.73 Å². The lowest BCUT2D eigenvalue weighted by molar-refractivity contribution is 0.0638. The summed E-state index contributed by atoms with van der Waals surface area (Å²) in [6, 6.07) is 1.18. The van der Waals surface area contributed by atoms with E-state index >= 15 is 0 Å². The quantitative estimate of drug-likeness (QED) is 0.649. The molecule has 0 saturated heterocycles. The lowest BCUT2D eigenvalue weighted by Crippen LogP contribution is -2.41. The first kappa shape index (κ1) is 15.3. The summed E-state index contributed by atoms with van der Waals surface area (Å²) in [5, 5.41) is 14.2. The Morgan fingerprint density at radius 3 is 2.71 bits per heavy atom. The van der Waals surface area contributed by atoms with E-state index in [1.807, 2.05) is 4.68 Å². The molecule has 4 rings (SSSR count). The Kier molecular flexibility index (Phi) is 3.79. The predicted molar refractivity (Wildman–Crippen MR) is 86.0 cm³/mol. The molecule has 0 spiro atoms. The number of aromatic nitrogens is 2. The van der Waals surface area contributed by atoms with E-state index in [0.717, 1.165) is 18.7 Å². The summed E-state index contributed by atoms with van der Waals surface area (Å²) in [5.41, 5.74) is 3.98. The van der Waals surface area contributed by atoms with Crippen molar-refractivity contribution in [2.45, 2.75) is 71.1 Å². The molecule has 21 heavy (non-hydrogen) atoms. The highest BCUT2D eigenvalue weighted by atomic mass is 28.3. The highest BCUT2D eigenvalue weighted by Gasteiger charge is 2.49. The van der Waals surface area contributed by atoms with Gasteiger partial charge >= 0.3 is 0 Å². The molecule has 0 atom stereocenters. The van der Waals surface area contributed by atoms with E-state index < -0.39 is 8.07 Å². The minimum absolute atomic E-state index is 0.0530. The monoisotopic (exact) mass is 308 g/mol. The summed E-state index contributed by atoms with van der Waals surface area (Å²) in [7, 11) is -1.04. The van der Waals surface area contributed by atoms with Crippen LogP contribution < -0.4 is 0 Å². The van der Waals surface area contributed by atoms with E-state index in [2.05, 4.69) is 31.7 Å². The second-order valence-corrected chi connectivity index (χ2v) is 14.0. The Morgan fingerprint density at radius 1 is 1.38 bits per heavy atom. The average Bonchev–Trinajstić information content (AvgIpc) is 2.70. The first-order chi connectivity index (χ1) is 9.81. The molecule has 1 heterocycles. The largest absolute Gasteiger partial charge is 0.390 e. The fourth-order valence-corrected chi connectivity index (χ4v) is 4.62.